The average molecular weight is 290 g/mol. The molecule has 4 heteroatoms. The lowest BCUT2D eigenvalue weighted by molar-refractivity contribution is 0.118. The van der Waals surface area contributed by atoms with Crippen LogP contribution in [-0.2, 0) is 6.54 Å². The summed E-state index contributed by atoms with van der Waals surface area (Å²) in [6, 6.07) is 9.12. The lowest BCUT2D eigenvalue weighted by Gasteiger charge is -2.40. The number of piperidine rings is 1. The van der Waals surface area contributed by atoms with E-state index in [4.69, 9.17) is 5.73 Å². The Kier molecular flexibility index (Phi) is 4.15. The summed E-state index contributed by atoms with van der Waals surface area (Å²) in [7, 11) is 0. The van der Waals surface area contributed by atoms with Crippen LogP contribution in [0.15, 0.2) is 41.1 Å². The maximum Gasteiger partial charge on any atom is 0.128 e. The van der Waals surface area contributed by atoms with E-state index in [0.29, 0.717) is 0 Å². The van der Waals surface area contributed by atoms with Crippen LogP contribution in [-0.4, -0.2) is 17.5 Å². The minimum atomic E-state index is -0.148. The Hall–Kier alpha value is -1.23. The molecule has 2 aromatic rings. The van der Waals surface area contributed by atoms with E-state index in [1.165, 1.54) is 11.6 Å². The van der Waals surface area contributed by atoms with Gasteiger partial charge in [-0.1, -0.05) is 18.2 Å². The maximum atomic E-state index is 14.1. The topological polar surface area (TPSA) is 29.3 Å². The summed E-state index contributed by atoms with van der Waals surface area (Å²) in [6.45, 7) is 1.82. The summed E-state index contributed by atoms with van der Waals surface area (Å²) in [5, 5.41) is 4.23. The van der Waals surface area contributed by atoms with Crippen LogP contribution in [0.2, 0.25) is 0 Å². The highest BCUT2D eigenvalue weighted by molar-refractivity contribution is 7.07. The molecule has 1 saturated heterocycles. The molecule has 2 atom stereocenters. The minimum Gasteiger partial charge on any atom is -0.326 e. The number of benzene rings is 1. The van der Waals surface area contributed by atoms with Crippen LogP contribution >= 0.6 is 11.3 Å². The number of hydrogen-bond donors (Lipinski definition) is 1. The van der Waals surface area contributed by atoms with E-state index in [-0.39, 0.29) is 17.9 Å². The van der Waals surface area contributed by atoms with Gasteiger partial charge in [0.05, 0.1) is 6.04 Å². The average Bonchev–Trinajstić information content (AvgIpc) is 2.93. The number of halogens is 1. The van der Waals surface area contributed by atoms with Crippen LogP contribution in [0.4, 0.5) is 4.39 Å². The van der Waals surface area contributed by atoms with Crippen molar-refractivity contribution in [3.63, 3.8) is 0 Å². The molecular weight excluding hydrogens is 271 g/mol. The molecule has 2 N–H and O–H groups in total. The van der Waals surface area contributed by atoms with Gasteiger partial charge in [-0.15, -0.1) is 0 Å². The minimum absolute atomic E-state index is 0.000661. The quantitative estimate of drug-likeness (QED) is 0.936. The Morgan fingerprint density at radius 3 is 2.90 bits per heavy atom. The van der Waals surface area contributed by atoms with Gasteiger partial charge in [0.1, 0.15) is 5.82 Å². The zero-order valence-corrected chi connectivity index (χ0v) is 12.2. The van der Waals surface area contributed by atoms with Crippen molar-refractivity contribution in [1.29, 1.82) is 0 Å². The van der Waals surface area contributed by atoms with Crippen molar-refractivity contribution in [2.75, 3.05) is 6.54 Å². The molecule has 0 unspecified atom stereocenters. The van der Waals surface area contributed by atoms with Crippen molar-refractivity contribution in [1.82, 2.24) is 4.90 Å². The fraction of sp³-hybridized carbons (Fsp3) is 0.375. The van der Waals surface area contributed by atoms with Crippen molar-refractivity contribution in [3.8, 4) is 0 Å². The monoisotopic (exact) mass is 290 g/mol. The van der Waals surface area contributed by atoms with E-state index < -0.39 is 0 Å². The smallest absolute Gasteiger partial charge is 0.128 e. The van der Waals surface area contributed by atoms with Crippen LogP contribution in [0, 0.1) is 5.82 Å². The first kappa shape index (κ1) is 13.7. The van der Waals surface area contributed by atoms with Crippen LogP contribution < -0.4 is 5.73 Å². The lowest BCUT2D eigenvalue weighted by Crippen LogP contribution is -2.45. The molecule has 20 heavy (non-hydrogen) atoms. The third-order valence-electron chi connectivity index (χ3n) is 3.97. The molecule has 1 aliphatic heterocycles. The predicted octanol–water partition coefficient (Wildman–Crippen LogP) is 3.55. The van der Waals surface area contributed by atoms with Gasteiger partial charge >= 0.3 is 0 Å². The Morgan fingerprint density at radius 1 is 1.30 bits per heavy atom. The van der Waals surface area contributed by atoms with Gasteiger partial charge in [-0.05, 0) is 47.8 Å². The molecule has 2 heterocycles. The van der Waals surface area contributed by atoms with E-state index in [1.54, 1.807) is 17.4 Å². The molecule has 0 spiro atoms. The zero-order chi connectivity index (χ0) is 13.9. The molecule has 1 aromatic carbocycles. The molecule has 2 nitrogen and oxygen atoms in total. The first-order chi connectivity index (χ1) is 9.75. The summed E-state index contributed by atoms with van der Waals surface area (Å²) in [4.78, 5) is 2.31. The van der Waals surface area contributed by atoms with E-state index in [0.717, 1.165) is 31.5 Å². The van der Waals surface area contributed by atoms with Gasteiger partial charge in [0, 0.05) is 18.2 Å². The molecule has 0 saturated carbocycles. The molecule has 0 amide bonds. The van der Waals surface area contributed by atoms with Gasteiger partial charge in [0.2, 0.25) is 0 Å². The highest BCUT2D eigenvalue weighted by Crippen LogP contribution is 2.33. The molecular formula is C16H19FN2S. The first-order valence-corrected chi connectivity index (χ1v) is 7.95. The number of likely N-dealkylation sites (tertiary alicyclic amines) is 1. The first-order valence-electron chi connectivity index (χ1n) is 7.01. The number of thiophene rings is 1. The lowest BCUT2D eigenvalue weighted by atomic mass is 9.90. The maximum absolute atomic E-state index is 14.1. The summed E-state index contributed by atoms with van der Waals surface area (Å²) in [5.74, 6) is -0.148. The van der Waals surface area contributed by atoms with Gasteiger partial charge < -0.3 is 5.73 Å². The van der Waals surface area contributed by atoms with Gasteiger partial charge in [-0.3, -0.25) is 4.90 Å². The van der Waals surface area contributed by atoms with Crippen LogP contribution in [0.5, 0.6) is 0 Å². The summed E-state index contributed by atoms with van der Waals surface area (Å²) >= 11 is 1.70. The van der Waals surface area contributed by atoms with E-state index >= 15 is 0 Å². The molecule has 3 rings (SSSR count). The summed E-state index contributed by atoms with van der Waals surface area (Å²) < 4.78 is 14.1. The van der Waals surface area contributed by atoms with Gasteiger partial charge in [-0.2, -0.15) is 11.3 Å². The molecule has 106 valence electrons. The Balaban J connectivity index is 1.89. The largest absolute Gasteiger partial charge is 0.326 e. The highest BCUT2D eigenvalue weighted by atomic mass is 32.1. The van der Waals surface area contributed by atoms with Crippen molar-refractivity contribution >= 4 is 11.3 Å². The molecule has 1 aromatic heterocycles. The molecule has 0 bridgehead atoms. The highest BCUT2D eigenvalue weighted by Gasteiger charge is 2.31. The Bertz CT molecular complexity index is 555. The number of rotatable bonds is 3. The number of hydrogen-bond acceptors (Lipinski definition) is 3. The van der Waals surface area contributed by atoms with Gasteiger partial charge in [0.15, 0.2) is 0 Å². The van der Waals surface area contributed by atoms with E-state index in [2.05, 4.69) is 21.7 Å². The molecule has 1 aliphatic rings. The summed E-state index contributed by atoms with van der Waals surface area (Å²) in [5.41, 5.74) is 8.31. The fourth-order valence-electron chi connectivity index (χ4n) is 3.03. The second kappa shape index (κ2) is 6.04. The second-order valence-electron chi connectivity index (χ2n) is 5.37. The van der Waals surface area contributed by atoms with Crippen molar-refractivity contribution in [3.05, 3.63) is 58.0 Å². The Morgan fingerprint density at radius 2 is 2.15 bits per heavy atom. The van der Waals surface area contributed by atoms with Crippen molar-refractivity contribution in [2.24, 2.45) is 5.73 Å². The normalized spacial score (nSPS) is 23.9. The summed E-state index contributed by atoms with van der Waals surface area (Å²) in [6.07, 6.45) is 2.04. The second-order valence-corrected chi connectivity index (χ2v) is 6.15. The van der Waals surface area contributed by atoms with Crippen molar-refractivity contribution < 1.29 is 4.39 Å². The fourth-order valence-corrected chi connectivity index (χ4v) is 3.69. The molecule has 1 fully saturated rings. The zero-order valence-electron chi connectivity index (χ0n) is 11.3. The number of nitrogens with zero attached hydrogens (tertiary/aromatic N) is 1. The number of nitrogens with two attached hydrogens (primary N) is 1. The molecule has 0 aliphatic carbocycles. The van der Waals surface area contributed by atoms with Gasteiger partial charge in [-0.25, -0.2) is 4.39 Å². The van der Waals surface area contributed by atoms with Crippen LogP contribution in [0.25, 0.3) is 0 Å². The van der Waals surface area contributed by atoms with Crippen LogP contribution in [0.1, 0.15) is 30.0 Å². The van der Waals surface area contributed by atoms with Crippen LogP contribution in [0.3, 0.4) is 0 Å². The van der Waals surface area contributed by atoms with E-state index in [1.807, 2.05) is 12.1 Å². The van der Waals surface area contributed by atoms with E-state index in [9.17, 15) is 4.39 Å². The molecule has 0 radical (unpaired) electrons. The standard InChI is InChI=1S/C16H19FN2S/c17-14-5-2-1-4-13(14)16-15(18)6-3-8-19(16)10-12-7-9-20-11-12/h1-2,4-5,7,9,11,15-16H,3,6,8,10,18H2/t15-,16+/m1/s1. The predicted molar refractivity (Wildman–Crippen MR) is 81.1 cm³/mol. The Labute approximate surface area is 123 Å². The SMILES string of the molecule is N[C@@H]1CCCN(Cc2ccsc2)[C@H]1c1ccccc1F. The van der Waals surface area contributed by atoms with Crippen molar-refractivity contribution in [2.45, 2.75) is 31.5 Å². The third-order valence-corrected chi connectivity index (χ3v) is 4.70. The third kappa shape index (κ3) is 2.77. The van der Waals surface area contributed by atoms with Gasteiger partial charge in [0.25, 0.3) is 0 Å².